The first-order valence-corrected chi connectivity index (χ1v) is 7.48. The molecule has 1 saturated carbocycles. The van der Waals surface area contributed by atoms with Crippen LogP contribution in [0.2, 0.25) is 0 Å². The van der Waals surface area contributed by atoms with Crippen LogP contribution in [0.25, 0.3) is 0 Å². The molecule has 2 rings (SSSR count). The zero-order chi connectivity index (χ0) is 12.6. The van der Waals surface area contributed by atoms with E-state index in [1.807, 2.05) is 0 Å². The summed E-state index contributed by atoms with van der Waals surface area (Å²) in [6, 6.07) is 0.700. The number of allylic oxidation sites excluding steroid dienone is 1. The summed E-state index contributed by atoms with van der Waals surface area (Å²) in [6.07, 6.45) is 6.48. The summed E-state index contributed by atoms with van der Waals surface area (Å²) in [5, 5.41) is 3.48. The molecular weight excluding hydrogens is 206 g/mol. The Morgan fingerprint density at radius 3 is 2.41 bits per heavy atom. The molecule has 1 N–H and O–H groups in total. The molecule has 0 aromatic heterocycles. The van der Waals surface area contributed by atoms with Crippen molar-refractivity contribution in [2.75, 3.05) is 7.05 Å². The van der Waals surface area contributed by atoms with Crippen molar-refractivity contribution in [3.63, 3.8) is 0 Å². The van der Waals surface area contributed by atoms with Crippen molar-refractivity contribution in [1.29, 1.82) is 0 Å². The van der Waals surface area contributed by atoms with E-state index in [-0.39, 0.29) is 0 Å². The molecule has 0 aromatic carbocycles. The summed E-state index contributed by atoms with van der Waals surface area (Å²) in [7, 11) is 2.11. The lowest BCUT2D eigenvalue weighted by molar-refractivity contribution is 0.328. The van der Waals surface area contributed by atoms with Crippen LogP contribution in [0.3, 0.4) is 0 Å². The fraction of sp³-hybridized carbons (Fsp3) is 0.875. The maximum absolute atomic E-state index is 3.48. The largest absolute Gasteiger partial charge is 0.317 e. The van der Waals surface area contributed by atoms with Gasteiger partial charge in [-0.3, -0.25) is 0 Å². The number of hydrogen-bond acceptors (Lipinski definition) is 1. The quantitative estimate of drug-likeness (QED) is 0.714. The Kier molecular flexibility index (Phi) is 3.97. The van der Waals surface area contributed by atoms with Crippen LogP contribution in [-0.2, 0) is 0 Å². The molecule has 0 heterocycles. The van der Waals surface area contributed by atoms with Gasteiger partial charge in [-0.1, -0.05) is 45.8 Å². The molecule has 1 nitrogen and oxygen atoms in total. The third-order valence-corrected chi connectivity index (χ3v) is 5.61. The van der Waals surface area contributed by atoms with Gasteiger partial charge in [-0.2, -0.15) is 0 Å². The second-order valence-electron chi connectivity index (χ2n) is 6.40. The topological polar surface area (TPSA) is 12.0 Å². The van der Waals surface area contributed by atoms with Crippen LogP contribution in [0.15, 0.2) is 11.6 Å². The molecule has 0 bridgehead atoms. The molecule has 17 heavy (non-hydrogen) atoms. The average molecular weight is 235 g/mol. The van der Waals surface area contributed by atoms with E-state index in [1.165, 1.54) is 19.3 Å². The number of fused-ring (bicyclic) bond motifs is 1. The molecule has 1 heteroatoms. The highest BCUT2D eigenvalue weighted by Crippen LogP contribution is 2.56. The van der Waals surface area contributed by atoms with Gasteiger partial charge in [0.15, 0.2) is 0 Å². The molecule has 6 unspecified atom stereocenters. The first-order valence-electron chi connectivity index (χ1n) is 7.48. The Balaban J connectivity index is 1.97. The van der Waals surface area contributed by atoms with Gasteiger partial charge in [-0.15, -0.1) is 0 Å². The molecule has 0 radical (unpaired) electrons. The first kappa shape index (κ1) is 13.1. The number of nitrogens with one attached hydrogen (secondary N) is 1. The predicted molar refractivity (Wildman–Crippen MR) is 74.9 cm³/mol. The number of rotatable bonds is 5. The molecule has 1 fully saturated rings. The van der Waals surface area contributed by atoms with Crippen molar-refractivity contribution in [3.05, 3.63) is 11.6 Å². The van der Waals surface area contributed by atoms with Crippen LogP contribution in [-0.4, -0.2) is 13.1 Å². The Hall–Kier alpha value is -0.300. The lowest BCUT2D eigenvalue weighted by Crippen LogP contribution is -2.32. The summed E-state index contributed by atoms with van der Waals surface area (Å²) in [6.45, 7) is 9.64. The van der Waals surface area contributed by atoms with Crippen molar-refractivity contribution in [1.82, 2.24) is 5.32 Å². The van der Waals surface area contributed by atoms with Gasteiger partial charge in [0.05, 0.1) is 0 Å². The minimum atomic E-state index is 0.700. The second kappa shape index (κ2) is 5.14. The van der Waals surface area contributed by atoms with Gasteiger partial charge in [0.25, 0.3) is 0 Å². The normalized spacial score (nSPS) is 41.7. The van der Waals surface area contributed by atoms with Gasteiger partial charge in [-0.05, 0) is 49.5 Å². The third-order valence-electron chi connectivity index (χ3n) is 5.61. The van der Waals surface area contributed by atoms with E-state index < -0.39 is 0 Å². The average Bonchev–Trinajstić information content (AvgIpc) is 2.45. The fourth-order valence-electron chi connectivity index (χ4n) is 4.10. The highest BCUT2D eigenvalue weighted by atomic mass is 14.9. The van der Waals surface area contributed by atoms with E-state index in [4.69, 9.17) is 0 Å². The minimum Gasteiger partial charge on any atom is -0.317 e. The van der Waals surface area contributed by atoms with Crippen molar-refractivity contribution in [3.8, 4) is 0 Å². The van der Waals surface area contributed by atoms with Crippen LogP contribution in [0, 0.1) is 29.6 Å². The van der Waals surface area contributed by atoms with Gasteiger partial charge in [0.2, 0.25) is 0 Å². The van der Waals surface area contributed by atoms with Crippen LogP contribution in [0.4, 0.5) is 0 Å². The Labute approximate surface area is 107 Å². The standard InChI is InChI=1S/C16H29N/c1-6-7-14(17-5)8-13-9-15-11(3)10(2)12(4)16(13)15/h9-12,14-17H,6-8H2,1-5H3. The summed E-state index contributed by atoms with van der Waals surface area (Å²) in [5.74, 6) is 4.51. The van der Waals surface area contributed by atoms with Crippen molar-refractivity contribution >= 4 is 0 Å². The third kappa shape index (κ3) is 2.19. The molecule has 0 aliphatic heterocycles. The van der Waals surface area contributed by atoms with Crippen molar-refractivity contribution in [2.45, 2.75) is 53.0 Å². The van der Waals surface area contributed by atoms with E-state index >= 15 is 0 Å². The summed E-state index contributed by atoms with van der Waals surface area (Å²) < 4.78 is 0. The Bertz CT molecular complexity index is 294. The number of hydrogen-bond donors (Lipinski definition) is 1. The van der Waals surface area contributed by atoms with Crippen LogP contribution < -0.4 is 5.32 Å². The molecule has 0 aromatic rings. The van der Waals surface area contributed by atoms with Crippen LogP contribution in [0.5, 0.6) is 0 Å². The molecule has 6 atom stereocenters. The monoisotopic (exact) mass is 235 g/mol. The maximum Gasteiger partial charge on any atom is 0.0101 e. The molecule has 0 spiro atoms. The lowest BCUT2D eigenvalue weighted by Gasteiger charge is -2.36. The summed E-state index contributed by atoms with van der Waals surface area (Å²) in [5.41, 5.74) is 1.76. The van der Waals surface area contributed by atoms with Gasteiger partial charge < -0.3 is 5.32 Å². The predicted octanol–water partition coefficient (Wildman–Crippen LogP) is 3.86. The highest BCUT2D eigenvalue weighted by molar-refractivity contribution is 5.28. The van der Waals surface area contributed by atoms with E-state index in [9.17, 15) is 0 Å². The molecule has 98 valence electrons. The van der Waals surface area contributed by atoms with E-state index in [2.05, 4.69) is 46.1 Å². The van der Waals surface area contributed by atoms with Gasteiger partial charge in [-0.25, -0.2) is 0 Å². The first-order chi connectivity index (χ1) is 8.10. The van der Waals surface area contributed by atoms with Gasteiger partial charge in [0, 0.05) is 6.04 Å². The van der Waals surface area contributed by atoms with E-state index in [0.717, 1.165) is 29.6 Å². The van der Waals surface area contributed by atoms with E-state index in [0.29, 0.717) is 6.04 Å². The summed E-state index contributed by atoms with van der Waals surface area (Å²) in [4.78, 5) is 0. The van der Waals surface area contributed by atoms with Crippen molar-refractivity contribution < 1.29 is 0 Å². The second-order valence-corrected chi connectivity index (χ2v) is 6.40. The summed E-state index contributed by atoms with van der Waals surface area (Å²) >= 11 is 0. The van der Waals surface area contributed by atoms with E-state index in [1.54, 1.807) is 5.57 Å². The SMILES string of the molecule is CCCC(CC1=CC2C(C)C(C)C(C)C12)NC. The van der Waals surface area contributed by atoms with Gasteiger partial charge in [0.1, 0.15) is 0 Å². The Morgan fingerprint density at radius 2 is 1.88 bits per heavy atom. The van der Waals surface area contributed by atoms with Crippen molar-refractivity contribution in [2.24, 2.45) is 29.6 Å². The lowest BCUT2D eigenvalue weighted by atomic mass is 9.69. The van der Waals surface area contributed by atoms with Crippen LogP contribution >= 0.6 is 0 Å². The molecule has 2 aliphatic rings. The van der Waals surface area contributed by atoms with Gasteiger partial charge >= 0.3 is 0 Å². The zero-order valence-electron chi connectivity index (χ0n) is 12.2. The maximum atomic E-state index is 3.48. The van der Waals surface area contributed by atoms with Crippen LogP contribution in [0.1, 0.15) is 47.0 Å². The Morgan fingerprint density at radius 1 is 1.18 bits per heavy atom. The molecule has 0 saturated heterocycles. The minimum absolute atomic E-state index is 0.700. The fourth-order valence-corrected chi connectivity index (χ4v) is 4.10. The smallest absolute Gasteiger partial charge is 0.0101 e. The molecular formula is C16H29N. The molecule has 0 amide bonds. The highest BCUT2D eigenvalue weighted by Gasteiger charge is 2.49. The molecule has 2 aliphatic carbocycles. The zero-order valence-corrected chi connectivity index (χ0v) is 12.2.